The van der Waals surface area contributed by atoms with Crippen molar-refractivity contribution in [3.05, 3.63) is 39.6 Å². The fourth-order valence-electron chi connectivity index (χ4n) is 1.95. The van der Waals surface area contributed by atoms with E-state index in [1.165, 1.54) is 29.8 Å². The molecule has 0 unspecified atom stereocenters. The second-order valence-corrected chi connectivity index (χ2v) is 3.70. The molecule has 0 atom stereocenters. The first-order valence-corrected chi connectivity index (χ1v) is 4.92. The monoisotopic (exact) mass is 248 g/mol. The van der Waals surface area contributed by atoms with Crippen molar-refractivity contribution in [3.8, 4) is 0 Å². The zero-order valence-electron chi connectivity index (χ0n) is 9.28. The van der Waals surface area contributed by atoms with Crippen LogP contribution in [-0.4, -0.2) is 26.9 Å². The quantitative estimate of drug-likeness (QED) is 0.504. The number of aryl methyl sites for hydroxylation is 1. The first-order chi connectivity index (χ1) is 8.47. The summed E-state index contributed by atoms with van der Waals surface area (Å²) < 4.78 is 1.32. The number of benzene rings is 1. The Morgan fingerprint density at radius 3 is 2.67 bits per heavy atom. The van der Waals surface area contributed by atoms with E-state index in [-0.39, 0.29) is 22.3 Å². The maximum absolute atomic E-state index is 11.1. The Morgan fingerprint density at radius 2 is 2.17 bits per heavy atom. The van der Waals surface area contributed by atoms with Gasteiger partial charge in [0.2, 0.25) is 0 Å². The number of carbonyl (C=O) groups excluding carboxylic acids is 1. The number of rotatable bonds is 3. The van der Waals surface area contributed by atoms with Gasteiger partial charge in [-0.1, -0.05) is 0 Å². The van der Waals surface area contributed by atoms with E-state index in [2.05, 4.69) is 0 Å². The molecule has 1 aromatic carbocycles. The van der Waals surface area contributed by atoms with Crippen molar-refractivity contribution < 1.29 is 19.6 Å². The lowest BCUT2D eigenvalue weighted by molar-refractivity contribution is -0.384. The van der Waals surface area contributed by atoms with Gasteiger partial charge in [0.05, 0.1) is 10.5 Å². The van der Waals surface area contributed by atoms with Gasteiger partial charge in [-0.15, -0.1) is 0 Å². The number of hydrogen-bond donors (Lipinski definition) is 1. The lowest BCUT2D eigenvalue weighted by Gasteiger charge is -1.98. The summed E-state index contributed by atoms with van der Waals surface area (Å²) in [5.74, 6) is -1.25. The van der Waals surface area contributed by atoms with Crippen LogP contribution in [0.25, 0.3) is 10.9 Å². The summed E-state index contributed by atoms with van der Waals surface area (Å²) in [6.45, 7) is 0. The van der Waals surface area contributed by atoms with Crippen LogP contribution in [0.1, 0.15) is 20.8 Å². The first kappa shape index (κ1) is 11.8. The van der Waals surface area contributed by atoms with Crippen molar-refractivity contribution in [1.29, 1.82) is 0 Å². The fourth-order valence-corrected chi connectivity index (χ4v) is 1.95. The molecule has 18 heavy (non-hydrogen) atoms. The maximum Gasteiger partial charge on any atom is 0.353 e. The van der Waals surface area contributed by atoms with Crippen LogP contribution in [0.5, 0.6) is 0 Å². The van der Waals surface area contributed by atoms with Crippen molar-refractivity contribution in [2.45, 2.75) is 0 Å². The van der Waals surface area contributed by atoms with E-state index in [4.69, 9.17) is 5.11 Å². The van der Waals surface area contributed by atoms with Gasteiger partial charge in [0.25, 0.3) is 5.69 Å². The van der Waals surface area contributed by atoms with Crippen LogP contribution in [0.4, 0.5) is 5.69 Å². The third kappa shape index (κ3) is 1.53. The van der Waals surface area contributed by atoms with Crippen LogP contribution in [0.15, 0.2) is 18.2 Å². The molecule has 0 bridgehead atoms. The van der Waals surface area contributed by atoms with Gasteiger partial charge in [-0.05, 0) is 6.07 Å². The molecule has 0 spiro atoms. The molecule has 0 fully saturated rings. The number of nitro groups is 1. The summed E-state index contributed by atoms with van der Waals surface area (Å²) in [6, 6.07) is 3.89. The van der Waals surface area contributed by atoms with Crippen molar-refractivity contribution >= 4 is 28.8 Å². The zero-order valence-corrected chi connectivity index (χ0v) is 9.28. The molecule has 0 aliphatic carbocycles. The molecule has 0 saturated carbocycles. The van der Waals surface area contributed by atoms with E-state index < -0.39 is 10.9 Å². The Hall–Kier alpha value is -2.70. The number of aromatic nitrogens is 1. The average Bonchev–Trinajstić information content (AvgIpc) is 2.61. The molecule has 0 amide bonds. The van der Waals surface area contributed by atoms with Gasteiger partial charge >= 0.3 is 5.97 Å². The number of carboxylic acid groups (broad SMARTS) is 1. The summed E-state index contributed by atoms with van der Waals surface area (Å²) in [4.78, 5) is 32.1. The normalized spacial score (nSPS) is 10.5. The molecule has 2 rings (SSSR count). The van der Waals surface area contributed by atoms with Gasteiger partial charge in [-0.2, -0.15) is 0 Å². The van der Waals surface area contributed by atoms with E-state index in [1.54, 1.807) is 0 Å². The Kier molecular flexibility index (Phi) is 2.59. The van der Waals surface area contributed by atoms with Crippen molar-refractivity contribution in [1.82, 2.24) is 4.57 Å². The first-order valence-electron chi connectivity index (χ1n) is 4.92. The summed E-state index contributed by atoms with van der Waals surface area (Å²) in [5.41, 5.74) is 0.0393. The summed E-state index contributed by atoms with van der Waals surface area (Å²) in [5, 5.41) is 20.0. The second kappa shape index (κ2) is 3.95. The molecule has 7 nitrogen and oxygen atoms in total. The largest absolute Gasteiger partial charge is 0.477 e. The molecule has 92 valence electrons. The number of nitrogens with zero attached hydrogens (tertiary/aromatic N) is 2. The highest BCUT2D eigenvalue weighted by atomic mass is 16.6. The maximum atomic E-state index is 11.1. The molecule has 1 heterocycles. The molecular formula is C11H8N2O5. The topological polar surface area (TPSA) is 102 Å². The summed E-state index contributed by atoms with van der Waals surface area (Å²) in [7, 11) is 1.49. The molecule has 0 saturated heterocycles. The van der Waals surface area contributed by atoms with Crippen LogP contribution in [0.3, 0.4) is 0 Å². The number of carboxylic acids is 1. The van der Waals surface area contributed by atoms with E-state index >= 15 is 0 Å². The van der Waals surface area contributed by atoms with Crippen molar-refractivity contribution in [2.24, 2.45) is 7.05 Å². The predicted molar refractivity (Wildman–Crippen MR) is 61.9 cm³/mol. The number of aldehydes is 1. The second-order valence-electron chi connectivity index (χ2n) is 3.70. The van der Waals surface area contributed by atoms with Gasteiger partial charge < -0.3 is 9.67 Å². The molecule has 0 radical (unpaired) electrons. The third-order valence-electron chi connectivity index (χ3n) is 2.75. The Morgan fingerprint density at radius 1 is 1.50 bits per heavy atom. The Bertz CT molecular complexity index is 686. The molecule has 0 aliphatic heterocycles. The number of hydrogen-bond acceptors (Lipinski definition) is 4. The van der Waals surface area contributed by atoms with E-state index in [0.29, 0.717) is 11.8 Å². The van der Waals surface area contributed by atoms with Crippen molar-refractivity contribution in [2.75, 3.05) is 0 Å². The molecule has 1 N–H and O–H groups in total. The van der Waals surface area contributed by atoms with Gasteiger partial charge in [-0.3, -0.25) is 14.9 Å². The van der Waals surface area contributed by atoms with Crippen LogP contribution >= 0.6 is 0 Å². The SMILES string of the molecule is Cn1c(C(=O)O)c(C=O)c2cc([N+](=O)[O-])ccc21. The highest BCUT2D eigenvalue weighted by Crippen LogP contribution is 2.27. The number of non-ortho nitro benzene ring substituents is 1. The van der Waals surface area contributed by atoms with E-state index in [9.17, 15) is 19.7 Å². The Labute approximate surface area is 100 Å². The van der Waals surface area contributed by atoms with Gasteiger partial charge in [0, 0.05) is 30.1 Å². The molecule has 2 aromatic rings. The van der Waals surface area contributed by atoms with Crippen LogP contribution in [0, 0.1) is 10.1 Å². The summed E-state index contributed by atoms with van der Waals surface area (Å²) in [6.07, 6.45) is 0.398. The zero-order chi connectivity index (χ0) is 13.4. The number of nitro benzene ring substituents is 1. The van der Waals surface area contributed by atoms with Gasteiger partial charge in [-0.25, -0.2) is 4.79 Å². The molecule has 1 aromatic heterocycles. The van der Waals surface area contributed by atoms with Crippen LogP contribution in [-0.2, 0) is 7.05 Å². The predicted octanol–water partition coefficient (Wildman–Crippen LogP) is 1.60. The van der Waals surface area contributed by atoms with Crippen molar-refractivity contribution in [3.63, 3.8) is 0 Å². The number of fused-ring (bicyclic) bond motifs is 1. The minimum atomic E-state index is -1.25. The highest BCUT2D eigenvalue weighted by Gasteiger charge is 2.21. The van der Waals surface area contributed by atoms with E-state index in [1.807, 2.05) is 0 Å². The lowest BCUT2D eigenvalue weighted by Crippen LogP contribution is -2.06. The fraction of sp³-hybridized carbons (Fsp3) is 0.0909. The summed E-state index contributed by atoms with van der Waals surface area (Å²) >= 11 is 0. The number of carbonyl (C=O) groups is 2. The molecular weight excluding hydrogens is 240 g/mol. The minimum Gasteiger partial charge on any atom is -0.477 e. The van der Waals surface area contributed by atoms with E-state index in [0.717, 1.165) is 0 Å². The van der Waals surface area contributed by atoms with Gasteiger partial charge in [0.1, 0.15) is 5.69 Å². The van der Waals surface area contributed by atoms with Crippen LogP contribution in [0.2, 0.25) is 0 Å². The molecule has 0 aliphatic rings. The highest BCUT2D eigenvalue weighted by molar-refractivity contribution is 6.08. The van der Waals surface area contributed by atoms with Crippen LogP contribution < -0.4 is 0 Å². The lowest BCUT2D eigenvalue weighted by atomic mass is 10.1. The minimum absolute atomic E-state index is 0.0521. The smallest absolute Gasteiger partial charge is 0.353 e. The molecule has 7 heteroatoms. The average molecular weight is 248 g/mol. The Balaban J connectivity index is 2.90. The third-order valence-corrected chi connectivity index (χ3v) is 2.75. The van der Waals surface area contributed by atoms with Gasteiger partial charge in [0.15, 0.2) is 6.29 Å². The standard InChI is InChI=1S/C11H8N2O5/c1-12-9-3-2-6(13(17)18)4-7(9)8(5-14)10(12)11(15)16/h2-5H,1H3,(H,15,16). The number of aromatic carboxylic acids is 1.